The highest BCUT2D eigenvalue weighted by atomic mass is 32.2. The molecule has 1 fully saturated rings. The van der Waals surface area contributed by atoms with Crippen molar-refractivity contribution in [2.75, 3.05) is 6.54 Å². The van der Waals surface area contributed by atoms with E-state index < -0.39 is 10.2 Å². The standard InChI is InChI=1S/C8H18N2O2S/c1-6-4-7(2)8(3)10(5-6)13(9,11)12/h6-8H,4-5H2,1-3H3,(H2,9,11,12). The zero-order chi connectivity index (χ0) is 10.2. The van der Waals surface area contributed by atoms with Gasteiger partial charge in [0.05, 0.1) is 0 Å². The summed E-state index contributed by atoms with van der Waals surface area (Å²) in [5, 5.41) is 5.12. The van der Waals surface area contributed by atoms with Crippen LogP contribution in [0.3, 0.4) is 0 Å². The molecule has 5 heteroatoms. The van der Waals surface area contributed by atoms with Gasteiger partial charge in [-0.1, -0.05) is 13.8 Å². The Morgan fingerprint density at radius 2 is 1.85 bits per heavy atom. The molecule has 1 aliphatic heterocycles. The minimum Gasteiger partial charge on any atom is -0.216 e. The van der Waals surface area contributed by atoms with Crippen molar-refractivity contribution in [2.45, 2.75) is 33.2 Å². The summed E-state index contributed by atoms with van der Waals surface area (Å²) in [6.45, 7) is 6.60. The first-order valence-electron chi connectivity index (χ1n) is 4.62. The molecule has 3 atom stereocenters. The van der Waals surface area contributed by atoms with Crippen LogP contribution in [0.5, 0.6) is 0 Å². The fourth-order valence-corrected chi connectivity index (χ4v) is 3.13. The highest BCUT2D eigenvalue weighted by Gasteiger charge is 2.34. The summed E-state index contributed by atoms with van der Waals surface area (Å²) in [7, 11) is -3.51. The van der Waals surface area contributed by atoms with Crippen LogP contribution in [0.1, 0.15) is 27.2 Å². The average molecular weight is 206 g/mol. The molecular formula is C8H18N2O2S. The Kier molecular flexibility index (Phi) is 2.99. The van der Waals surface area contributed by atoms with Crippen LogP contribution in [0.4, 0.5) is 0 Å². The maximum atomic E-state index is 11.2. The normalized spacial score (nSPS) is 37.7. The van der Waals surface area contributed by atoms with Crippen molar-refractivity contribution in [3.63, 3.8) is 0 Å². The zero-order valence-electron chi connectivity index (χ0n) is 8.40. The molecule has 0 saturated carbocycles. The highest BCUT2D eigenvalue weighted by molar-refractivity contribution is 7.86. The van der Waals surface area contributed by atoms with Crippen molar-refractivity contribution in [2.24, 2.45) is 17.0 Å². The summed E-state index contributed by atoms with van der Waals surface area (Å²) in [4.78, 5) is 0. The molecule has 1 aliphatic rings. The van der Waals surface area contributed by atoms with Crippen LogP contribution < -0.4 is 5.14 Å². The van der Waals surface area contributed by atoms with E-state index in [1.807, 2.05) is 6.92 Å². The summed E-state index contributed by atoms with van der Waals surface area (Å²) < 4.78 is 23.8. The Bertz CT molecular complexity index is 276. The van der Waals surface area contributed by atoms with Crippen LogP contribution in [0.15, 0.2) is 0 Å². The van der Waals surface area contributed by atoms with Gasteiger partial charge in [-0.2, -0.15) is 12.7 Å². The number of nitrogens with two attached hydrogens (primary N) is 1. The lowest BCUT2D eigenvalue weighted by molar-refractivity contribution is 0.157. The summed E-state index contributed by atoms with van der Waals surface area (Å²) >= 11 is 0. The van der Waals surface area contributed by atoms with Crippen molar-refractivity contribution >= 4 is 10.2 Å². The Morgan fingerprint density at radius 1 is 1.31 bits per heavy atom. The third-order valence-corrected chi connectivity index (χ3v) is 4.01. The van der Waals surface area contributed by atoms with E-state index in [-0.39, 0.29) is 6.04 Å². The van der Waals surface area contributed by atoms with E-state index in [2.05, 4.69) is 13.8 Å². The monoisotopic (exact) mass is 206 g/mol. The van der Waals surface area contributed by atoms with Gasteiger partial charge in [0.15, 0.2) is 0 Å². The fourth-order valence-electron chi connectivity index (χ4n) is 2.00. The van der Waals surface area contributed by atoms with Crippen LogP contribution in [0, 0.1) is 11.8 Å². The smallest absolute Gasteiger partial charge is 0.216 e. The molecule has 0 amide bonds. The molecule has 1 heterocycles. The minimum atomic E-state index is -3.51. The predicted molar refractivity (Wildman–Crippen MR) is 52.2 cm³/mol. The van der Waals surface area contributed by atoms with E-state index in [1.54, 1.807) is 0 Å². The zero-order valence-corrected chi connectivity index (χ0v) is 9.21. The van der Waals surface area contributed by atoms with Gasteiger partial charge in [0, 0.05) is 12.6 Å². The van der Waals surface area contributed by atoms with Gasteiger partial charge in [0.2, 0.25) is 0 Å². The SMILES string of the molecule is CC1CC(C)C(C)N(S(N)(=O)=O)C1. The molecule has 0 bridgehead atoms. The molecule has 3 unspecified atom stereocenters. The third kappa shape index (κ3) is 2.42. The first kappa shape index (κ1) is 10.9. The summed E-state index contributed by atoms with van der Waals surface area (Å²) in [6, 6.07) is 0.0335. The number of nitrogens with zero attached hydrogens (tertiary/aromatic N) is 1. The molecular weight excluding hydrogens is 188 g/mol. The second kappa shape index (κ2) is 3.55. The Balaban J connectivity index is 2.84. The van der Waals surface area contributed by atoms with Crippen molar-refractivity contribution < 1.29 is 8.42 Å². The quantitative estimate of drug-likeness (QED) is 0.681. The molecule has 13 heavy (non-hydrogen) atoms. The second-order valence-corrected chi connectivity index (χ2v) is 5.67. The first-order valence-corrected chi connectivity index (χ1v) is 6.12. The van der Waals surface area contributed by atoms with Crippen LogP contribution in [-0.2, 0) is 10.2 Å². The van der Waals surface area contributed by atoms with E-state index in [0.29, 0.717) is 18.4 Å². The van der Waals surface area contributed by atoms with Gasteiger partial charge in [0.25, 0.3) is 10.2 Å². The van der Waals surface area contributed by atoms with E-state index in [9.17, 15) is 8.42 Å². The van der Waals surface area contributed by atoms with Gasteiger partial charge in [-0.15, -0.1) is 0 Å². The summed E-state index contributed by atoms with van der Waals surface area (Å²) in [5.41, 5.74) is 0. The average Bonchev–Trinajstić information content (AvgIpc) is 1.94. The molecule has 0 spiro atoms. The Hall–Kier alpha value is -0.130. The van der Waals surface area contributed by atoms with Crippen LogP contribution in [0.2, 0.25) is 0 Å². The molecule has 2 N–H and O–H groups in total. The maximum absolute atomic E-state index is 11.2. The van der Waals surface area contributed by atoms with Crippen molar-refractivity contribution in [3.8, 4) is 0 Å². The number of rotatable bonds is 1. The van der Waals surface area contributed by atoms with Gasteiger partial charge < -0.3 is 0 Å². The largest absolute Gasteiger partial charge is 0.277 e. The minimum absolute atomic E-state index is 0.0335. The van der Waals surface area contributed by atoms with Crippen molar-refractivity contribution in [1.82, 2.24) is 4.31 Å². The van der Waals surface area contributed by atoms with Gasteiger partial charge in [-0.25, -0.2) is 5.14 Å². The maximum Gasteiger partial charge on any atom is 0.277 e. The molecule has 0 aromatic carbocycles. The van der Waals surface area contributed by atoms with Gasteiger partial charge in [-0.05, 0) is 25.2 Å². The van der Waals surface area contributed by atoms with Crippen LogP contribution in [0.25, 0.3) is 0 Å². The number of hydrogen-bond acceptors (Lipinski definition) is 2. The highest BCUT2D eigenvalue weighted by Crippen LogP contribution is 2.27. The number of hydrogen-bond donors (Lipinski definition) is 1. The molecule has 1 saturated heterocycles. The van der Waals surface area contributed by atoms with Gasteiger partial charge in [-0.3, -0.25) is 0 Å². The Morgan fingerprint density at radius 3 is 2.31 bits per heavy atom. The van der Waals surface area contributed by atoms with E-state index in [4.69, 9.17) is 5.14 Å². The summed E-state index contributed by atoms with van der Waals surface area (Å²) in [6.07, 6.45) is 1.08. The lowest BCUT2D eigenvalue weighted by Crippen LogP contribution is -2.51. The third-order valence-electron chi connectivity index (χ3n) is 2.87. The van der Waals surface area contributed by atoms with E-state index in [1.165, 1.54) is 4.31 Å². The molecule has 0 aromatic rings. The van der Waals surface area contributed by atoms with Crippen LogP contribution in [-0.4, -0.2) is 25.3 Å². The predicted octanol–water partition coefficient (Wildman–Crippen LogP) is 0.556. The molecule has 4 nitrogen and oxygen atoms in total. The van der Waals surface area contributed by atoms with Crippen LogP contribution >= 0.6 is 0 Å². The van der Waals surface area contributed by atoms with E-state index >= 15 is 0 Å². The molecule has 1 rings (SSSR count). The molecule has 78 valence electrons. The van der Waals surface area contributed by atoms with Crippen molar-refractivity contribution in [1.29, 1.82) is 0 Å². The second-order valence-electron chi connectivity index (χ2n) is 4.17. The first-order chi connectivity index (χ1) is 5.82. The van der Waals surface area contributed by atoms with E-state index in [0.717, 1.165) is 6.42 Å². The molecule has 0 aromatic heterocycles. The van der Waals surface area contributed by atoms with Gasteiger partial charge >= 0.3 is 0 Å². The lowest BCUT2D eigenvalue weighted by Gasteiger charge is -2.38. The molecule has 0 aliphatic carbocycles. The fraction of sp³-hybridized carbons (Fsp3) is 1.00. The Labute approximate surface area is 80.3 Å². The topological polar surface area (TPSA) is 63.4 Å². The summed E-state index contributed by atoms with van der Waals surface area (Å²) in [5.74, 6) is 0.798. The van der Waals surface area contributed by atoms with Gasteiger partial charge in [0.1, 0.15) is 0 Å². The molecule has 0 radical (unpaired) electrons. The number of piperidine rings is 1. The van der Waals surface area contributed by atoms with Crippen molar-refractivity contribution in [3.05, 3.63) is 0 Å². The lowest BCUT2D eigenvalue weighted by atomic mass is 9.88.